The molecular weight excluding hydrogens is 448 g/mol. The summed E-state index contributed by atoms with van der Waals surface area (Å²) in [5.41, 5.74) is 1.08. The topological polar surface area (TPSA) is 91.4 Å². The van der Waals surface area contributed by atoms with Gasteiger partial charge in [-0.3, -0.25) is 14.4 Å². The van der Waals surface area contributed by atoms with Crippen molar-refractivity contribution in [1.82, 2.24) is 15.2 Å². The first-order valence-electron chi connectivity index (χ1n) is 10.8. The number of hydrogen-bond donors (Lipinski definition) is 2. The first-order valence-corrected chi connectivity index (χ1v) is 12.1. The first-order chi connectivity index (χ1) is 15.3. The van der Waals surface area contributed by atoms with Crippen LogP contribution in [0.25, 0.3) is 0 Å². The van der Waals surface area contributed by atoms with Crippen molar-refractivity contribution in [3.8, 4) is 0 Å². The number of rotatable bonds is 12. The van der Waals surface area contributed by atoms with Crippen LogP contribution in [0.5, 0.6) is 0 Å². The molecule has 0 saturated carbocycles. The lowest BCUT2D eigenvalue weighted by Gasteiger charge is -2.24. The van der Waals surface area contributed by atoms with E-state index in [1.54, 1.807) is 29.6 Å². The van der Waals surface area contributed by atoms with E-state index in [4.69, 9.17) is 11.6 Å². The molecule has 0 aliphatic rings. The molecule has 1 aromatic heterocycles. The van der Waals surface area contributed by atoms with Crippen LogP contribution < -0.4 is 10.6 Å². The van der Waals surface area contributed by atoms with E-state index in [1.807, 2.05) is 13.8 Å². The molecular formula is C23H31ClN4O3S. The van der Waals surface area contributed by atoms with Crippen molar-refractivity contribution in [3.05, 3.63) is 45.9 Å². The molecule has 0 fully saturated rings. The lowest BCUT2D eigenvalue weighted by atomic mass is 10.1. The van der Waals surface area contributed by atoms with Gasteiger partial charge < -0.3 is 15.5 Å². The summed E-state index contributed by atoms with van der Waals surface area (Å²) in [6.07, 6.45) is 3.32. The molecule has 0 aliphatic carbocycles. The van der Waals surface area contributed by atoms with E-state index in [0.717, 1.165) is 19.3 Å². The number of unbranched alkanes of at least 4 members (excludes halogenated alkanes) is 2. The molecule has 9 heteroatoms. The number of nitrogens with zero attached hydrogens (tertiary/aromatic N) is 2. The minimum absolute atomic E-state index is 0.0825. The number of amides is 3. The summed E-state index contributed by atoms with van der Waals surface area (Å²) in [7, 11) is 0. The molecule has 1 heterocycles. The molecule has 1 aromatic carbocycles. The Balaban J connectivity index is 1.92. The lowest BCUT2D eigenvalue weighted by molar-refractivity contribution is -0.120. The van der Waals surface area contributed by atoms with Crippen molar-refractivity contribution >= 4 is 45.8 Å². The molecule has 2 rings (SSSR count). The van der Waals surface area contributed by atoms with E-state index in [-0.39, 0.29) is 36.6 Å². The van der Waals surface area contributed by atoms with Gasteiger partial charge in [0, 0.05) is 29.1 Å². The number of carbonyl (C=O) groups is 3. The highest BCUT2D eigenvalue weighted by atomic mass is 35.5. The monoisotopic (exact) mass is 478 g/mol. The number of halogens is 1. The summed E-state index contributed by atoms with van der Waals surface area (Å²) >= 11 is 7.16. The fourth-order valence-electron chi connectivity index (χ4n) is 3.04. The SMILES string of the molecule is CCCCCNC(=O)Cc1csc(NC(=O)CN(CC(C)C)C(=O)c2ccc(Cl)cc2)n1. The van der Waals surface area contributed by atoms with Gasteiger partial charge in [0.05, 0.1) is 12.1 Å². The van der Waals surface area contributed by atoms with Gasteiger partial charge in [-0.15, -0.1) is 11.3 Å². The van der Waals surface area contributed by atoms with Gasteiger partial charge in [-0.25, -0.2) is 4.98 Å². The van der Waals surface area contributed by atoms with Gasteiger partial charge in [-0.2, -0.15) is 0 Å². The Labute approximate surface area is 198 Å². The summed E-state index contributed by atoms with van der Waals surface area (Å²) in [5, 5.41) is 8.32. The highest BCUT2D eigenvalue weighted by Gasteiger charge is 2.20. The van der Waals surface area contributed by atoms with Gasteiger partial charge in [0.15, 0.2) is 5.13 Å². The molecule has 3 amide bonds. The highest BCUT2D eigenvalue weighted by molar-refractivity contribution is 7.13. The minimum atomic E-state index is -0.335. The number of aromatic nitrogens is 1. The lowest BCUT2D eigenvalue weighted by Crippen LogP contribution is -2.40. The van der Waals surface area contributed by atoms with Crippen molar-refractivity contribution in [3.63, 3.8) is 0 Å². The Hall–Kier alpha value is -2.45. The first kappa shape index (κ1) is 25.8. The van der Waals surface area contributed by atoms with E-state index in [2.05, 4.69) is 22.5 Å². The van der Waals surface area contributed by atoms with E-state index in [9.17, 15) is 14.4 Å². The number of thiazole rings is 1. The van der Waals surface area contributed by atoms with Crippen LogP contribution in [-0.4, -0.2) is 47.2 Å². The van der Waals surface area contributed by atoms with Crippen molar-refractivity contribution in [2.75, 3.05) is 25.0 Å². The zero-order chi connectivity index (χ0) is 23.5. The predicted molar refractivity (Wildman–Crippen MR) is 129 cm³/mol. The third-order valence-electron chi connectivity index (χ3n) is 4.54. The Kier molecular flexibility index (Phi) is 10.6. The van der Waals surface area contributed by atoms with Gasteiger partial charge in [-0.05, 0) is 36.6 Å². The molecule has 2 aromatic rings. The summed E-state index contributed by atoms with van der Waals surface area (Å²) in [6, 6.07) is 6.60. The molecule has 0 spiro atoms. The second-order valence-corrected chi connectivity index (χ2v) is 9.31. The van der Waals surface area contributed by atoms with Gasteiger partial charge in [0.1, 0.15) is 6.54 Å². The maximum atomic E-state index is 12.9. The van der Waals surface area contributed by atoms with Crippen LogP contribution in [0.15, 0.2) is 29.6 Å². The molecule has 7 nitrogen and oxygen atoms in total. The van der Waals surface area contributed by atoms with Gasteiger partial charge >= 0.3 is 0 Å². The summed E-state index contributed by atoms with van der Waals surface area (Å²) < 4.78 is 0. The molecule has 32 heavy (non-hydrogen) atoms. The number of nitrogens with one attached hydrogen (secondary N) is 2. The van der Waals surface area contributed by atoms with Crippen LogP contribution >= 0.6 is 22.9 Å². The molecule has 0 bridgehead atoms. The van der Waals surface area contributed by atoms with Crippen molar-refractivity contribution < 1.29 is 14.4 Å². The molecule has 2 N–H and O–H groups in total. The van der Waals surface area contributed by atoms with Crippen LogP contribution in [0.1, 0.15) is 56.1 Å². The summed E-state index contributed by atoms with van der Waals surface area (Å²) in [5.74, 6) is -0.453. The van der Waals surface area contributed by atoms with Crippen LogP contribution in [0, 0.1) is 5.92 Å². The average Bonchev–Trinajstić information content (AvgIpc) is 3.16. The highest BCUT2D eigenvalue weighted by Crippen LogP contribution is 2.17. The fourth-order valence-corrected chi connectivity index (χ4v) is 3.90. The van der Waals surface area contributed by atoms with Gasteiger partial charge in [0.2, 0.25) is 11.8 Å². The zero-order valence-electron chi connectivity index (χ0n) is 18.8. The maximum Gasteiger partial charge on any atom is 0.254 e. The van der Waals surface area contributed by atoms with E-state index in [1.165, 1.54) is 16.2 Å². The van der Waals surface area contributed by atoms with E-state index >= 15 is 0 Å². The average molecular weight is 479 g/mol. The molecule has 0 atom stereocenters. The van der Waals surface area contributed by atoms with E-state index < -0.39 is 0 Å². The molecule has 0 unspecified atom stereocenters. The van der Waals surface area contributed by atoms with Gasteiger partial charge in [0.25, 0.3) is 5.91 Å². The van der Waals surface area contributed by atoms with Crippen LogP contribution in [0.4, 0.5) is 5.13 Å². The van der Waals surface area contributed by atoms with Crippen LogP contribution in [0.3, 0.4) is 0 Å². The summed E-state index contributed by atoms with van der Waals surface area (Å²) in [4.78, 5) is 43.3. The van der Waals surface area contributed by atoms with Crippen LogP contribution in [-0.2, 0) is 16.0 Å². The minimum Gasteiger partial charge on any atom is -0.356 e. The van der Waals surface area contributed by atoms with Crippen LogP contribution in [0.2, 0.25) is 5.02 Å². The van der Waals surface area contributed by atoms with Crippen molar-refractivity contribution in [1.29, 1.82) is 0 Å². The Bertz CT molecular complexity index is 899. The number of carbonyl (C=O) groups excluding carboxylic acids is 3. The fraction of sp³-hybridized carbons (Fsp3) is 0.478. The van der Waals surface area contributed by atoms with Crippen molar-refractivity contribution in [2.45, 2.75) is 46.5 Å². The molecule has 0 aliphatic heterocycles. The third-order valence-corrected chi connectivity index (χ3v) is 5.60. The smallest absolute Gasteiger partial charge is 0.254 e. The normalized spacial score (nSPS) is 10.8. The third kappa shape index (κ3) is 8.96. The second-order valence-electron chi connectivity index (χ2n) is 8.01. The zero-order valence-corrected chi connectivity index (χ0v) is 20.4. The predicted octanol–water partition coefficient (Wildman–Crippen LogP) is 4.38. The second kappa shape index (κ2) is 13.2. The molecule has 174 valence electrons. The summed E-state index contributed by atoms with van der Waals surface area (Å²) in [6.45, 7) is 7.10. The van der Waals surface area contributed by atoms with Gasteiger partial charge in [-0.1, -0.05) is 45.2 Å². The number of anilines is 1. The number of hydrogen-bond acceptors (Lipinski definition) is 5. The Morgan fingerprint density at radius 1 is 1.12 bits per heavy atom. The quantitative estimate of drug-likeness (QED) is 0.443. The molecule has 0 saturated heterocycles. The molecule has 0 radical (unpaired) electrons. The van der Waals surface area contributed by atoms with Crippen molar-refractivity contribution in [2.24, 2.45) is 5.92 Å². The largest absolute Gasteiger partial charge is 0.356 e. The Morgan fingerprint density at radius 2 is 1.84 bits per heavy atom. The Morgan fingerprint density at radius 3 is 2.50 bits per heavy atom. The number of benzene rings is 1. The standard InChI is InChI=1S/C23H31ClN4O3S/c1-4-5-6-11-25-20(29)12-19-15-32-23(26-19)27-21(30)14-28(13-16(2)3)22(31)17-7-9-18(24)10-8-17/h7-10,15-16H,4-6,11-14H2,1-3H3,(H,25,29)(H,26,27,30). The van der Waals surface area contributed by atoms with E-state index in [0.29, 0.717) is 34.5 Å². The maximum absolute atomic E-state index is 12.9.